The maximum Gasteiger partial charge on any atom is 0.183 e. The first-order valence-corrected chi connectivity index (χ1v) is 14.7. The van der Waals surface area contributed by atoms with Gasteiger partial charge in [-0.3, -0.25) is 0 Å². The van der Waals surface area contributed by atoms with E-state index in [0.29, 0.717) is 47.5 Å². The van der Waals surface area contributed by atoms with Crippen LogP contribution in [0.15, 0.2) is 66.7 Å². The maximum atomic E-state index is 15.1. The smallest absolute Gasteiger partial charge is 0.183 e. The number of ether oxygens (including phenoxy) is 2. The summed E-state index contributed by atoms with van der Waals surface area (Å²) >= 11 is 0. The molecule has 40 heavy (non-hydrogen) atoms. The number of halogens is 3. The summed E-state index contributed by atoms with van der Waals surface area (Å²) in [5, 5.41) is 0. The van der Waals surface area contributed by atoms with Crippen LogP contribution in [0.2, 0.25) is 0 Å². The van der Waals surface area contributed by atoms with Crippen molar-refractivity contribution in [2.75, 3.05) is 13.2 Å². The van der Waals surface area contributed by atoms with Gasteiger partial charge in [0.2, 0.25) is 0 Å². The summed E-state index contributed by atoms with van der Waals surface area (Å²) in [6.07, 6.45) is 13.3. The van der Waals surface area contributed by atoms with Crippen molar-refractivity contribution >= 4 is 0 Å². The summed E-state index contributed by atoms with van der Waals surface area (Å²) in [7, 11) is 0. The highest BCUT2D eigenvalue weighted by molar-refractivity contribution is 5.71. The van der Waals surface area contributed by atoms with Crippen molar-refractivity contribution in [1.82, 2.24) is 0 Å². The van der Waals surface area contributed by atoms with E-state index in [-0.39, 0.29) is 11.5 Å². The second kappa shape index (κ2) is 15.2. The first-order chi connectivity index (χ1) is 19.5. The molecular formula is C35H41F3O2. The third-order valence-electron chi connectivity index (χ3n) is 7.62. The Morgan fingerprint density at radius 1 is 0.725 bits per heavy atom. The van der Waals surface area contributed by atoms with Gasteiger partial charge in [-0.15, -0.1) is 0 Å². The molecule has 3 aromatic carbocycles. The number of unbranched alkanes of at least 4 members (excludes halogenated alkanes) is 7. The molecule has 0 unspecified atom stereocenters. The van der Waals surface area contributed by atoms with Gasteiger partial charge in [-0.1, -0.05) is 113 Å². The van der Waals surface area contributed by atoms with Crippen LogP contribution in [0, 0.1) is 23.4 Å². The fraction of sp³-hybridized carbons (Fsp3) is 0.429. The molecule has 214 valence electrons. The fourth-order valence-corrected chi connectivity index (χ4v) is 5.29. The van der Waals surface area contributed by atoms with Crippen LogP contribution in [0.4, 0.5) is 13.2 Å². The molecule has 1 fully saturated rings. The zero-order valence-corrected chi connectivity index (χ0v) is 23.7. The van der Waals surface area contributed by atoms with Gasteiger partial charge in [0.15, 0.2) is 17.9 Å². The molecule has 0 radical (unpaired) electrons. The van der Waals surface area contributed by atoms with Crippen molar-refractivity contribution in [2.24, 2.45) is 5.92 Å². The van der Waals surface area contributed by atoms with Crippen molar-refractivity contribution in [3.63, 3.8) is 0 Å². The number of rotatable bonds is 13. The van der Waals surface area contributed by atoms with Crippen LogP contribution in [-0.2, 0) is 15.9 Å². The van der Waals surface area contributed by atoms with E-state index in [1.54, 1.807) is 48.5 Å². The van der Waals surface area contributed by atoms with Gasteiger partial charge >= 0.3 is 0 Å². The Kier molecular flexibility index (Phi) is 11.4. The van der Waals surface area contributed by atoms with E-state index >= 15 is 8.78 Å². The molecule has 2 nitrogen and oxygen atoms in total. The standard InChI is InChI=1S/C35H41F3O2/c1-3-5-6-7-8-9-10-11-13-28-18-21-31(34(38)33(28)37)27-16-14-26(15-17-27)30-20-19-29(22-32(30)36)35-39-23-25(12-4-2)24-40-35/h4,12,14-22,25,35H,3,5-11,13,23-24H2,1-2H3. The molecule has 0 N–H and O–H groups in total. The summed E-state index contributed by atoms with van der Waals surface area (Å²) in [4.78, 5) is 0. The number of hydrogen-bond donors (Lipinski definition) is 0. The van der Waals surface area contributed by atoms with Crippen molar-refractivity contribution < 1.29 is 22.6 Å². The first-order valence-electron chi connectivity index (χ1n) is 14.7. The molecule has 0 atom stereocenters. The van der Waals surface area contributed by atoms with Crippen LogP contribution < -0.4 is 0 Å². The minimum atomic E-state index is -0.829. The van der Waals surface area contributed by atoms with Gasteiger partial charge in [-0.25, -0.2) is 13.2 Å². The molecule has 0 aliphatic carbocycles. The van der Waals surface area contributed by atoms with Gasteiger partial charge in [0.1, 0.15) is 5.82 Å². The molecular weight excluding hydrogens is 509 g/mol. The third kappa shape index (κ3) is 7.86. The van der Waals surface area contributed by atoms with Crippen molar-refractivity contribution in [3.8, 4) is 22.3 Å². The highest BCUT2D eigenvalue weighted by atomic mass is 19.2. The molecule has 0 amide bonds. The zero-order chi connectivity index (χ0) is 28.3. The zero-order valence-electron chi connectivity index (χ0n) is 23.7. The molecule has 0 spiro atoms. The molecule has 0 bridgehead atoms. The number of benzene rings is 3. The summed E-state index contributed by atoms with van der Waals surface area (Å²) in [6.45, 7) is 5.21. The van der Waals surface area contributed by atoms with Gasteiger partial charge in [-0.2, -0.15) is 0 Å². The highest BCUT2D eigenvalue weighted by Crippen LogP contribution is 2.33. The molecule has 3 aromatic rings. The van der Waals surface area contributed by atoms with Crippen LogP contribution >= 0.6 is 0 Å². The van der Waals surface area contributed by atoms with Gasteiger partial charge in [-0.05, 0) is 42.5 Å². The van der Waals surface area contributed by atoms with E-state index in [0.717, 1.165) is 19.3 Å². The normalized spacial score (nSPS) is 17.5. The molecule has 0 aromatic heterocycles. The Hall–Kier alpha value is -2.89. The van der Waals surface area contributed by atoms with Gasteiger partial charge in [0, 0.05) is 22.6 Å². The van der Waals surface area contributed by atoms with E-state index in [2.05, 4.69) is 6.92 Å². The Morgan fingerprint density at radius 3 is 1.95 bits per heavy atom. The molecule has 0 saturated carbocycles. The summed E-state index contributed by atoms with van der Waals surface area (Å²) in [5.74, 6) is -1.79. The quantitative estimate of drug-likeness (QED) is 0.156. The van der Waals surface area contributed by atoms with E-state index in [1.807, 2.05) is 19.1 Å². The predicted octanol–water partition coefficient (Wildman–Crippen LogP) is 10.4. The van der Waals surface area contributed by atoms with Gasteiger partial charge in [0.25, 0.3) is 0 Å². The molecule has 1 aliphatic heterocycles. The van der Waals surface area contributed by atoms with E-state index in [1.165, 1.54) is 38.2 Å². The lowest BCUT2D eigenvalue weighted by atomic mass is 9.96. The van der Waals surface area contributed by atoms with Crippen LogP contribution in [0.25, 0.3) is 22.3 Å². The van der Waals surface area contributed by atoms with Crippen molar-refractivity contribution in [3.05, 3.63) is 95.3 Å². The van der Waals surface area contributed by atoms with Crippen LogP contribution in [0.3, 0.4) is 0 Å². The second-order valence-electron chi connectivity index (χ2n) is 10.7. The Morgan fingerprint density at radius 2 is 1.32 bits per heavy atom. The van der Waals surface area contributed by atoms with Crippen molar-refractivity contribution in [2.45, 2.75) is 77.9 Å². The average Bonchev–Trinajstić information content (AvgIpc) is 2.97. The second-order valence-corrected chi connectivity index (χ2v) is 10.7. The van der Waals surface area contributed by atoms with Crippen LogP contribution in [-0.4, -0.2) is 13.2 Å². The Bertz CT molecular complexity index is 1240. The lowest BCUT2D eigenvalue weighted by Crippen LogP contribution is -2.25. The average molecular weight is 551 g/mol. The third-order valence-corrected chi connectivity index (χ3v) is 7.62. The number of allylic oxidation sites excluding steroid dienone is 1. The SMILES string of the molecule is CC=CC1COC(c2ccc(-c3ccc(-c4ccc(CCCCCCCCCC)c(F)c4F)cc3)c(F)c2)OC1. The highest BCUT2D eigenvalue weighted by Gasteiger charge is 2.23. The summed E-state index contributed by atoms with van der Waals surface area (Å²) in [5.41, 5.74) is 2.89. The summed E-state index contributed by atoms with van der Waals surface area (Å²) in [6, 6.07) is 15.1. The monoisotopic (exact) mass is 550 g/mol. The Balaban J connectivity index is 1.36. The largest absolute Gasteiger partial charge is 0.348 e. The lowest BCUT2D eigenvalue weighted by molar-refractivity contribution is -0.197. The van der Waals surface area contributed by atoms with Crippen molar-refractivity contribution in [1.29, 1.82) is 0 Å². The molecule has 1 heterocycles. The van der Waals surface area contributed by atoms with Crippen LogP contribution in [0.1, 0.15) is 82.6 Å². The molecule has 4 rings (SSSR count). The molecule has 1 aliphatic rings. The molecule has 5 heteroatoms. The Labute approximate surface area is 237 Å². The minimum Gasteiger partial charge on any atom is -0.348 e. The van der Waals surface area contributed by atoms with Gasteiger partial charge < -0.3 is 9.47 Å². The summed E-state index contributed by atoms with van der Waals surface area (Å²) < 4.78 is 56.5. The van der Waals surface area contributed by atoms with E-state index in [9.17, 15) is 4.39 Å². The predicted molar refractivity (Wildman–Crippen MR) is 156 cm³/mol. The number of aryl methyl sites for hydroxylation is 1. The van der Waals surface area contributed by atoms with E-state index < -0.39 is 23.7 Å². The maximum absolute atomic E-state index is 15.1. The number of hydrogen-bond acceptors (Lipinski definition) is 2. The topological polar surface area (TPSA) is 18.5 Å². The first kappa shape index (κ1) is 30.1. The van der Waals surface area contributed by atoms with Crippen LogP contribution in [0.5, 0.6) is 0 Å². The van der Waals surface area contributed by atoms with Gasteiger partial charge in [0.05, 0.1) is 13.2 Å². The van der Waals surface area contributed by atoms with E-state index in [4.69, 9.17) is 9.47 Å². The fourth-order valence-electron chi connectivity index (χ4n) is 5.29. The lowest BCUT2D eigenvalue weighted by Gasteiger charge is -2.28. The minimum absolute atomic E-state index is 0.202. The molecule has 1 saturated heterocycles.